The number of carboxylic acid groups (broad SMARTS) is 1. The summed E-state index contributed by atoms with van der Waals surface area (Å²) in [5.41, 5.74) is 2.43. The molecule has 0 bridgehead atoms. The number of anilines is 1. The summed E-state index contributed by atoms with van der Waals surface area (Å²) in [6.07, 6.45) is -0.161. The summed E-state index contributed by atoms with van der Waals surface area (Å²) < 4.78 is 5.49. The molecule has 0 spiro atoms. The molecule has 1 aromatic carbocycles. The number of hydrogen-bond donors (Lipinski definition) is 2. The number of nitrogens with zero attached hydrogens (tertiary/aromatic N) is 1. The van der Waals surface area contributed by atoms with Crippen LogP contribution in [0.3, 0.4) is 0 Å². The van der Waals surface area contributed by atoms with Gasteiger partial charge in [0.25, 0.3) is 5.91 Å². The number of aromatic nitrogens is 1. The quantitative estimate of drug-likeness (QED) is 0.853. The van der Waals surface area contributed by atoms with E-state index < -0.39 is 5.97 Å². The number of ether oxygens (including phenoxy) is 1. The molecule has 0 fully saturated rings. The molecule has 6 nitrogen and oxygen atoms in total. The molecule has 0 saturated heterocycles. The Labute approximate surface area is 131 Å². The number of rotatable bonds is 6. The van der Waals surface area contributed by atoms with E-state index in [0.29, 0.717) is 16.6 Å². The van der Waals surface area contributed by atoms with Gasteiger partial charge in [0.15, 0.2) is 11.7 Å². The number of aliphatic carboxylic acids is 1. The van der Waals surface area contributed by atoms with E-state index in [1.807, 2.05) is 32.0 Å². The lowest BCUT2D eigenvalue weighted by molar-refractivity contribution is -0.136. The largest absolute Gasteiger partial charge is 0.483 e. The van der Waals surface area contributed by atoms with Crippen LogP contribution < -0.4 is 10.1 Å². The average Bonchev–Trinajstić information content (AvgIpc) is 2.86. The molecule has 0 atom stereocenters. The van der Waals surface area contributed by atoms with Gasteiger partial charge in [0, 0.05) is 5.38 Å². The summed E-state index contributed by atoms with van der Waals surface area (Å²) in [5, 5.41) is 13.2. The van der Waals surface area contributed by atoms with Crippen molar-refractivity contribution >= 4 is 28.3 Å². The topological polar surface area (TPSA) is 88.5 Å². The van der Waals surface area contributed by atoms with Crippen molar-refractivity contribution in [3.05, 3.63) is 40.4 Å². The number of carbonyl (C=O) groups excluding carboxylic acids is 1. The standard InChI is InChI=1S/C15H16N2O4S/c1-9-3-4-10(2)12(5-9)21-7-13(18)17-15-16-11(8-22-15)6-14(19)20/h3-5,8H,6-7H2,1-2H3,(H,19,20)(H,16,17,18). The molecule has 2 rings (SSSR count). The minimum Gasteiger partial charge on any atom is -0.483 e. The highest BCUT2D eigenvalue weighted by Gasteiger charge is 2.10. The van der Waals surface area contributed by atoms with Crippen LogP contribution in [0.5, 0.6) is 5.75 Å². The van der Waals surface area contributed by atoms with Gasteiger partial charge in [0.2, 0.25) is 0 Å². The smallest absolute Gasteiger partial charge is 0.309 e. The van der Waals surface area contributed by atoms with E-state index in [1.165, 1.54) is 11.3 Å². The maximum atomic E-state index is 11.8. The Hall–Kier alpha value is -2.41. The van der Waals surface area contributed by atoms with Crippen molar-refractivity contribution in [1.29, 1.82) is 0 Å². The van der Waals surface area contributed by atoms with Gasteiger partial charge in [-0.05, 0) is 31.0 Å². The van der Waals surface area contributed by atoms with Gasteiger partial charge < -0.3 is 9.84 Å². The third-order valence-electron chi connectivity index (χ3n) is 2.83. The third kappa shape index (κ3) is 4.56. The molecule has 0 aliphatic rings. The lowest BCUT2D eigenvalue weighted by Gasteiger charge is -2.09. The van der Waals surface area contributed by atoms with Crippen molar-refractivity contribution in [2.75, 3.05) is 11.9 Å². The fraction of sp³-hybridized carbons (Fsp3) is 0.267. The second-order valence-corrected chi connectivity index (χ2v) is 5.68. The van der Waals surface area contributed by atoms with Gasteiger partial charge >= 0.3 is 5.97 Å². The zero-order valence-corrected chi connectivity index (χ0v) is 13.1. The van der Waals surface area contributed by atoms with Crippen LogP contribution in [0, 0.1) is 13.8 Å². The molecular weight excluding hydrogens is 304 g/mol. The number of aryl methyl sites for hydroxylation is 2. The number of nitrogens with one attached hydrogen (secondary N) is 1. The first-order chi connectivity index (χ1) is 10.4. The van der Waals surface area contributed by atoms with Crippen LogP contribution in [0.1, 0.15) is 16.8 Å². The monoisotopic (exact) mass is 320 g/mol. The maximum Gasteiger partial charge on any atom is 0.309 e. The van der Waals surface area contributed by atoms with Gasteiger partial charge in [-0.2, -0.15) is 0 Å². The molecule has 0 saturated carbocycles. The van der Waals surface area contributed by atoms with E-state index in [-0.39, 0.29) is 18.9 Å². The van der Waals surface area contributed by atoms with E-state index in [0.717, 1.165) is 11.1 Å². The highest BCUT2D eigenvalue weighted by Crippen LogP contribution is 2.19. The zero-order valence-electron chi connectivity index (χ0n) is 12.3. The summed E-state index contributed by atoms with van der Waals surface area (Å²) in [6.45, 7) is 3.73. The first-order valence-corrected chi connectivity index (χ1v) is 7.48. The molecule has 116 valence electrons. The van der Waals surface area contributed by atoms with Gasteiger partial charge in [-0.1, -0.05) is 12.1 Å². The van der Waals surface area contributed by atoms with Crippen molar-refractivity contribution in [3.63, 3.8) is 0 Å². The predicted molar refractivity (Wildman–Crippen MR) is 83.5 cm³/mol. The predicted octanol–water partition coefficient (Wildman–Crippen LogP) is 2.40. The number of carbonyl (C=O) groups is 2. The molecule has 22 heavy (non-hydrogen) atoms. The average molecular weight is 320 g/mol. The van der Waals surface area contributed by atoms with Crippen LogP contribution in [0.25, 0.3) is 0 Å². The molecule has 0 aliphatic heterocycles. The molecule has 1 amide bonds. The third-order valence-corrected chi connectivity index (χ3v) is 3.64. The van der Waals surface area contributed by atoms with Crippen molar-refractivity contribution < 1.29 is 19.4 Å². The van der Waals surface area contributed by atoms with Crippen molar-refractivity contribution in [1.82, 2.24) is 4.98 Å². The normalized spacial score (nSPS) is 10.3. The van der Waals surface area contributed by atoms with E-state index in [1.54, 1.807) is 5.38 Å². The Bertz CT molecular complexity index is 697. The first-order valence-electron chi connectivity index (χ1n) is 6.60. The summed E-state index contributed by atoms with van der Waals surface area (Å²) in [4.78, 5) is 26.4. The number of benzene rings is 1. The number of hydrogen-bond acceptors (Lipinski definition) is 5. The molecule has 1 heterocycles. The minimum absolute atomic E-state index is 0.127. The summed E-state index contributed by atoms with van der Waals surface area (Å²) in [7, 11) is 0. The van der Waals surface area contributed by atoms with Gasteiger partial charge in [0.05, 0.1) is 12.1 Å². The van der Waals surface area contributed by atoms with Gasteiger partial charge in [-0.3, -0.25) is 14.9 Å². The van der Waals surface area contributed by atoms with Crippen LogP contribution in [-0.4, -0.2) is 28.6 Å². The Morgan fingerprint density at radius 2 is 2.14 bits per heavy atom. The zero-order chi connectivity index (χ0) is 16.1. The Morgan fingerprint density at radius 3 is 2.86 bits per heavy atom. The number of thiazole rings is 1. The van der Waals surface area contributed by atoms with Gasteiger partial charge in [0.1, 0.15) is 5.75 Å². The molecular formula is C15H16N2O4S. The molecule has 0 radical (unpaired) electrons. The van der Waals surface area contributed by atoms with Crippen LogP contribution in [0.4, 0.5) is 5.13 Å². The lowest BCUT2D eigenvalue weighted by Crippen LogP contribution is -2.20. The van der Waals surface area contributed by atoms with Crippen molar-refractivity contribution in [2.24, 2.45) is 0 Å². The number of carboxylic acids is 1. The van der Waals surface area contributed by atoms with Gasteiger partial charge in [-0.15, -0.1) is 11.3 Å². The highest BCUT2D eigenvalue weighted by molar-refractivity contribution is 7.13. The fourth-order valence-electron chi connectivity index (χ4n) is 1.76. The van der Waals surface area contributed by atoms with Gasteiger partial charge in [-0.25, -0.2) is 4.98 Å². The minimum atomic E-state index is -0.957. The summed E-state index contributed by atoms with van der Waals surface area (Å²) in [5.74, 6) is -0.626. The highest BCUT2D eigenvalue weighted by atomic mass is 32.1. The van der Waals surface area contributed by atoms with Crippen LogP contribution in [0.2, 0.25) is 0 Å². The molecule has 0 aliphatic carbocycles. The number of amides is 1. The van der Waals surface area contributed by atoms with Crippen molar-refractivity contribution in [3.8, 4) is 5.75 Å². The van der Waals surface area contributed by atoms with E-state index in [9.17, 15) is 9.59 Å². The Morgan fingerprint density at radius 1 is 1.36 bits per heavy atom. The van der Waals surface area contributed by atoms with E-state index >= 15 is 0 Å². The Kier molecular flexibility index (Phi) is 5.11. The second-order valence-electron chi connectivity index (χ2n) is 4.82. The SMILES string of the molecule is Cc1ccc(C)c(OCC(=O)Nc2nc(CC(=O)O)cs2)c1. The molecule has 1 aromatic heterocycles. The molecule has 2 aromatic rings. The van der Waals surface area contributed by atoms with Crippen molar-refractivity contribution in [2.45, 2.75) is 20.3 Å². The van der Waals surface area contributed by atoms with Crippen LogP contribution in [0.15, 0.2) is 23.6 Å². The van der Waals surface area contributed by atoms with E-state index in [2.05, 4.69) is 10.3 Å². The maximum absolute atomic E-state index is 11.8. The molecule has 0 unspecified atom stereocenters. The van der Waals surface area contributed by atoms with Crippen LogP contribution in [-0.2, 0) is 16.0 Å². The lowest BCUT2D eigenvalue weighted by atomic mass is 10.1. The molecule has 2 N–H and O–H groups in total. The first kappa shape index (κ1) is 16.0. The Balaban J connectivity index is 1.89. The summed E-state index contributed by atoms with van der Waals surface area (Å²) in [6, 6.07) is 5.78. The second kappa shape index (κ2) is 7.04. The summed E-state index contributed by atoms with van der Waals surface area (Å²) >= 11 is 1.19. The fourth-order valence-corrected chi connectivity index (χ4v) is 2.49. The molecule has 7 heteroatoms. The van der Waals surface area contributed by atoms with Crippen LogP contribution >= 0.6 is 11.3 Å². The van der Waals surface area contributed by atoms with E-state index in [4.69, 9.17) is 9.84 Å².